The zero-order valence-electron chi connectivity index (χ0n) is 7.75. The summed E-state index contributed by atoms with van der Waals surface area (Å²) in [6, 6.07) is 0. The smallest absolute Gasteiger partial charge is 0.0468 e. The van der Waals surface area contributed by atoms with Crippen LogP contribution in [-0.4, -0.2) is 36.3 Å². The first-order valence-corrected chi connectivity index (χ1v) is 5.47. The van der Waals surface area contributed by atoms with Crippen molar-refractivity contribution in [3.8, 4) is 0 Å². The van der Waals surface area contributed by atoms with Crippen molar-refractivity contribution in [1.29, 1.82) is 0 Å². The highest BCUT2D eigenvalue weighted by Crippen LogP contribution is 1.97. The lowest BCUT2D eigenvalue weighted by atomic mass is 10.2. The highest BCUT2D eigenvalue weighted by molar-refractivity contribution is 7.99. The molecule has 0 bridgehead atoms. The molecule has 0 amide bonds. The molecule has 0 saturated carbocycles. The fraction of sp³-hybridized carbons (Fsp3) is 0.778. The van der Waals surface area contributed by atoms with E-state index < -0.39 is 0 Å². The maximum atomic E-state index is 8.72. The summed E-state index contributed by atoms with van der Waals surface area (Å²) in [5.74, 6) is 2.51. The van der Waals surface area contributed by atoms with E-state index in [0.717, 1.165) is 24.6 Å². The van der Waals surface area contributed by atoms with Gasteiger partial charge in [-0.3, -0.25) is 0 Å². The SMILES string of the molecule is C=CCSCCNCC(C)CO. The molecule has 0 aliphatic rings. The Balaban J connectivity index is 2.95. The lowest BCUT2D eigenvalue weighted by molar-refractivity contribution is 0.234. The van der Waals surface area contributed by atoms with Crippen molar-refractivity contribution in [2.45, 2.75) is 6.92 Å². The number of hydrogen-bond acceptors (Lipinski definition) is 3. The van der Waals surface area contributed by atoms with Crippen molar-refractivity contribution < 1.29 is 5.11 Å². The summed E-state index contributed by atoms with van der Waals surface area (Å²) in [6.07, 6.45) is 1.92. The van der Waals surface area contributed by atoms with E-state index in [-0.39, 0.29) is 6.61 Å². The molecule has 0 fully saturated rings. The van der Waals surface area contributed by atoms with Crippen LogP contribution in [-0.2, 0) is 0 Å². The number of hydrogen-bond donors (Lipinski definition) is 2. The first kappa shape index (κ1) is 12.0. The molecule has 0 aromatic carbocycles. The van der Waals surface area contributed by atoms with Crippen LogP contribution in [0, 0.1) is 5.92 Å². The van der Waals surface area contributed by atoms with E-state index in [1.54, 1.807) is 0 Å². The van der Waals surface area contributed by atoms with Gasteiger partial charge in [-0.05, 0) is 12.5 Å². The number of thioether (sulfide) groups is 1. The minimum absolute atomic E-state index is 0.271. The van der Waals surface area contributed by atoms with Crippen LogP contribution in [0.25, 0.3) is 0 Å². The average Bonchev–Trinajstić information content (AvgIpc) is 2.10. The summed E-state index contributed by atoms with van der Waals surface area (Å²) >= 11 is 1.87. The molecule has 1 unspecified atom stereocenters. The maximum absolute atomic E-state index is 8.72. The fourth-order valence-electron chi connectivity index (χ4n) is 0.724. The number of nitrogens with one attached hydrogen (secondary N) is 1. The number of rotatable bonds is 8. The summed E-state index contributed by atoms with van der Waals surface area (Å²) in [4.78, 5) is 0. The molecule has 0 aromatic rings. The van der Waals surface area contributed by atoms with Gasteiger partial charge in [-0.1, -0.05) is 13.0 Å². The van der Waals surface area contributed by atoms with Gasteiger partial charge in [0.25, 0.3) is 0 Å². The second-order valence-corrected chi connectivity index (χ2v) is 4.01. The zero-order valence-corrected chi connectivity index (χ0v) is 8.57. The molecule has 12 heavy (non-hydrogen) atoms. The highest BCUT2D eigenvalue weighted by Gasteiger charge is 1.97. The zero-order chi connectivity index (χ0) is 9.23. The van der Waals surface area contributed by atoms with Crippen molar-refractivity contribution in [2.75, 3.05) is 31.2 Å². The van der Waals surface area contributed by atoms with Crippen LogP contribution in [0.4, 0.5) is 0 Å². The summed E-state index contributed by atoms with van der Waals surface area (Å²) < 4.78 is 0. The molecular formula is C9H19NOS. The van der Waals surface area contributed by atoms with Crippen LogP contribution in [0.5, 0.6) is 0 Å². The van der Waals surface area contributed by atoms with Crippen molar-refractivity contribution in [1.82, 2.24) is 5.32 Å². The largest absolute Gasteiger partial charge is 0.396 e. The average molecular weight is 189 g/mol. The normalized spacial score (nSPS) is 12.8. The number of aliphatic hydroxyl groups excluding tert-OH is 1. The minimum atomic E-state index is 0.271. The molecule has 2 N–H and O–H groups in total. The first-order chi connectivity index (χ1) is 5.81. The van der Waals surface area contributed by atoms with Crippen LogP contribution < -0.4 is 5.32 Å². The number of aliphatic hydroxyl groups is 1. The van der Waals surface area contributed by atoms with Crippen LogP contribution in [0.1, 0.15) is 6.92 Å². The Hall–Kier alpha value is 0.01000. The molecule has 0 radical (unpaired) electrons. The van der Waals surface area contributed by atoms with E-state index in [2.05, 4.69) is 11.9 Å². The molecule has 0 aliphatic carbocycles. The molecule has 0 rings (SSSR count). The van der Waals surface area contributed by atoms with Gasteiger partial charge in [0.05, 0.1) is 0 Å². The van der Waals surface area contributed by atoms with Crippen molar-refractivity contribution in [3.05, 3.63) is 12.7 Å². The molecule has 0 aromatic heterocycles. The molecule has 2 nitrogen and oxygen atoms in total. The van der Waals surface area contributed by atoms with Crippen LogP contribution >= 0.6 is 11.8 Å². The van der Waals surface area contributed by atoms with Gasteiger partial charge in [-0.2, -0.15) is 11.8 Å². The molecule has 0 aliphatic heterocycles. The Kier molecular flexibility index (Phi) is 9.11. The van der Waals surface area contributed by atoms with Crippen LogP contribution in [0.2, 0.25) is 0 Å². The van der Waals surface area contributed by atoms with Gasteiger partial charge in [0.1, 0.15) is 0 Å². The third-order valence-electron chi connectivity index (χ3n) is 1.46. The lowest BCUT2D eigenvalue weighted by Gasteiger charge is -2.08. The van der Waals surface area contributed by atoms with Crippen molar-refractivity contribution in [3.63, 3.8) is 0 Å². The second-order valence-electron chi connectivity index (χ2n) is 2.86. The first-order valence-electron chi connectivity index (χ1n) is 4.31. The van der Waals surface area contributed by atoms with Crippen LogP contribution in [0.3, 0.4) is 0 Å². The Morgan fingerprint density at radius 2 is 2.42 bits per heavy atom. The van der Waals surface area contributed by atoms with E-state index >= 15 is 0 Å². The Labute approximate surface area is 79.4 Å². The fourth-order valence-corrected chi connectivity index (χ4v) is 1.35. The summed E-state index contributed by atoms with van der Waals surface area (Å²) in [7, 11) is 0. The quantitative estimate of drug-likeness (QED) is 0.443. The van der Waals surface area contributed by atoms with E-state index in [4.69, 9.17) is 5.11 Å². The maximum Gasteiger partial charge on any atom is 0.0468 e. The molecule has 0 heterocycles. The Morgan fingerprint density at radius 3 is 3.00 bits per heavy atom. The van der Waals surface area contributed by atoms with E-state index in [1.807, 2.05) is 24.8 Å². The van der Waals surface area contributed by atoms with Gasteiger partial charge in [0, 0.05) is 24.7 Å². The van der Waals surface area contributed by atoms with Gasteiger partial charge in [0.2, 0.25) is 0 Å². The predicted octanol–water partition coefficient (Wildman–Crippen LogP) is 1.12. The van der Waals surface area contributed by atoms with Crippen molar-refractivity contribution >= 4 is 11.8 Å². The van der Waals surface area contributed by atoms with Gasteiger partial charge in [0.15, 0.2) is 0 Å². The van der Waals surface area contributed by atoms with Gasteiger partial charge >= 0.3 is 0 Å². The third-order valence-corrected chi connectivity index (χ3v) is 2.43. The summed E-state index contributed by atoms with van der Waals surface area (Å²) in [5, 5.41) is 12.0. The summed E-state index contributed by atoms with van der Waals surface area (Å²) in [6.45, 7) is 7.87. The standard InChI is InChI=1S/C9H19NOS/c1-3-5-12-6-4-10-7-9(2)8-11/h3,9-11H,1,4-8H2,2H3. The second kappa shape index (κ2) is 9.10. The predicted molar refractivity (Wildman–Crippen MR) is 56.6 cm³/mol. The van der Waals surface area contributed by atoms with E-state index in [1.165, 1.54) is 0 Å². The van der Waals surface area contributed by atoms with Gasteiger partial charge in [-0.15, -0.1) is 6.58 Å². The topological polar surface area (TPSA) is 32.3 Å². The van der Waals surface area contributed by atoms with Gasteiger partial charge in [-0.25, -0.2) is 0 Å². The minimum Gasteiger partial charge on any atom is -0.396 e. The molecule has 0 spiro atoms. The summed E-state index contributed by atoms with van der Waals surface area (Å²) in [5.41, 5.74) is 0. The Bertz CT molecular complexity index is 109. The monoisotopic (exact) mass is 189 g/mol. The van der Waals surface area contributed by atoms with E-state index in [9.17, 15) is 0 Å². The van der Waals surface area contributed by atoms with Crippen molar-refractivity contribution in [2.24, 2.45) is 5.92 Å². The van der Waals surface area contributed by atoms with Gasteiger partial charge < -0.3 is 10.4 Å². The van der Waals surface area contributed by atoms with E-state index in [0.29, 0.717) is 5.92 Å². The molecule has 3 heteroatoms. The van der Waals surface area contributed by atoms with Crippen LogP contribution in [0.15, 0.2) is 12.7 Å². The molecular weight excluding hydrogens is 170 g/mol. The molecule has 1 atom stereocenters. The lowest BCUT2D eigenvalue weighted by Crippen LogP contribution is -2.25. The molecule has 72 valence electrons. The third kappa shape index (κ3) is 8.11. The molecule has 0 saturated heterocycles. The Morgan fingerprint density at radius 1 is 1.67 bits per heavy atom. The highest BCUT2D eigenvalue weighted by atomic mass is 32.2.